The van der Waals surface area contributed by atoms with E-state index in [9.17, 15) is 0 Å². The Kier molecular flexibility index (Phi) is 3.60. The first-order valence-corrected chi connectivity index (χ1v) is 5.47. The van der Waals surface area contributed by atoms with Crippen LogP contribution in [0.25, 0.3) is 0 Å². The van der Waals surface area contributed by atoms with Crippen LogP contribution in [-0.4, -0.2) is 5.33 Å². The minimum Gasteiger partial charge on any atom is -0.0922 e. The summed E-state index contributed by atoms with van der Waals surface area (Å²) in [6.07, 6.45) is 0. The number of aryl methyl sites for hydroxylation is 1. The van der Waals surface area contributed by atoms with Crippen LogP contribution in [0.4, 0.5) is 0 Å². The van der Waals surface area contributed by atoms with E-state index in [4.69, 9.17) is 11.6 Å². The molecular weight excluding hydrogens is 235 g/mol. The van der Waals surface area contributed by atoms with Gasteiger partial charge in [0.15, 0.2) is 0 Å². The third-order valence-electron chi connectivity index (χ3n) is 1.91. The summed E-state index contributed by atoms with van der Waals surface area (Å²) in [5, 5.41) is 1.82. The molecule has 0 heterocycles. The van der Waals surface area contributed by atoms with E-state index in [1.165, 1.54) is 11.1 Å². The van der Waals surface area contributed by atoms with E-state index in [0.29, 0.717) is 5.92 Å². The predicted octanol–water partition coefficient (Wildman–Crippen LogP) is 4.15. The van der Waals surface area contributed by atoms with Gasteiger partial charge in [-0.2, -0.15) is 0 Å². The first kappa shape index (κ1) is 10.1. The first-order valence-electron chi connectivity index (χ1n) is 3.97. The van der Waals surface area contributed by atoms with E-state index >= 15 is 0 Å². The molecule has 0 aliphatic carbocycles. The molecule has 1 aromatic carbocycles. The van der Waals surface area contributed by atoms with E-state index in [2.05, 4.69) is 35.8 Å². The fourth-order valence-corrected chi connectivity index (χ4v) is 1.78. The average molecular weight is 248 g/mol. The summed E-state index contributed by atoms with van der Waals surface area (Å²) < 4.78 is 0. The largest absolute Gasteiger partial charge is 0.0922 e. The van der Waals surface area contributed by atoms with Gasteiger partial charge < -0.3 is 0 Å². The van der Waals surface area contributed by atoms with Gasteiger partial charge in [-0.3, -0.25) is 0 Å². The third kappa shape index (κ3) is 2.24. The summed E-state index contributed by atoms with van der Waals surface area (Å²) in [6, 6.07) is 6.15. The van der Waals surface area contributed by atoms with Crippen LogP contribution >= 0.6 is 27.5 Å². The molecule has 1 rings (SSSR count). The van der Waals surface area contributed by atoms with Crippen LogP contribution in [0.2, 0.25) is 5.02 Å². The minimum absolute atomic E-state index is 0.484. The van der Waals surface area contributed by atoms with Crippen molar-refractivity contribution in [1.82, 2.24) is 0 Å². The van der Waals surface area contributed by atoms with Crippen molar-refractivity contribution >= 4 is 27.5 Å². The molecule has 0 nitrogen and oxygen atoms in total. The van der Waals surface area contributed by atoms with Gasteiger partial charge in [0.2, 0.25) is 0 Å². The highest BCUT2D eigenvalue weighted by molar-refractivity contribution is 9.09. The molecular formula is C10H12BrCl. The number of rotatable bonds is 2. The minimum atomic E-state index is 0.484. The van der Waals surface area contributed by atoms with E-state index in [1.807, 2.05) is 12.1 Å². The van der Waals surface area contributed by atoms with E-state index in [1.54, 1.807) is 0 Å². The first-order chi connectivity index (χ1) is 5.65. The van der Waals surface area contributed by atoms with Crippen molar-refractivity contribution in [1.29, 1.82) is 0 Å². The van der Waals surface area contributed by atoms with Gasteiger partial charge in [0.25, 0.3) is 0 Å². The molecule has 0 bridgehead atoms. The van der Waals surface area contributed by atoms with Gasteiger partial charge in [0.1, 0.15) is 0 Å². The summed E-state index contributed by atoms with van der Waals surface area (Å²) in [4.78, 5) is 0. The van der Waals surface area contributed by atoms with E-state index in [-0.39, 0.29) is 0 Å². The average Bonchev–Trinajstić information content (AvgIpc) is 2.08. The normalized spacial score (nSPS) is 13.0. The molecule has 0 fully saturated rings. The highest BCUT2D eigenvalue weighted by Gasteiger charge is 2.07. The van der Waals surface area contributed by atoms with Crippen molar-refractivity contribution in [3.8, 4) is 0 Å². The Morgan fingerprint density at radius 2 is 2.17 bits per heavy atom. The Morgan fingerprint density at radius 3 is 2.75 bits per heavy atom. The van der Waals surface area contributed by atoms with Crippen LogP contribution in [0.3, 0.4) is 0 Å². The Labute approximate surface area is 87.1 Å². The van der Waals surface area contributed by atoms with Crippen molar-refractivity contribution in [3.63, 3.8) is 0 Å². The molecule has 0 aliphatic heterocycles. The second-order valence-electron chi connectivity index (χ2n) is 3.08. The Bertz CT molecular complexity index is 271. The zero-order chi connectivity index (χ0) is 9.14. The molecule has 0 spiro atoms. The SMILES string of the molecule is Cc1ccc(Cl)c(C(C)CBr)c1. The Morgan fingerprint density at radius 1 is 1.50 bits per heavy atom. The van der Waals surface area contributed by atoms with Crippen LogP contribution in [0.1, 0.15) is 24.0 Å². The zero-order valence-electron chi connectivity index (χ0n) is 7.27. The predicted molar refractivity (Wildman–Crippen MR) is 58.4 cm³/mol. The molecule has 12 heavy (non-hydrogen) atoms. The van der Waals surface area contributed by atoms with Crippen LogP contribution in [-0.2, 0) is 0 Å². The number of alkyl halides is 1. The highest BCUT2D eigenvalue weighted by atomic mass is 79.9. The smallest absolute Gasteiger partial charge is 0.0441 e. The van der Waals surface area contributed by atoms with E-state index in [0.717, 1.165) is 10.4 Å². The Hall–Kier alpha value is -0.0100. The topological polar surface area (TPSA) is 0 Å². The van der Waals surface area contributed by atoms with Crippen LogP contribution in [0.15, 0.2) is 18.2 Å². The van der Waals surface area contributed by atoms with Crippen LogP contribution in [0.5, 0.6) is 0 Å². The standard InChI is InChI=1S/C10H12BrCl/c1-7-3-4-10(12)9(5-7)8(2)6-11/h3-5,8H,6H2,1-2H3. The lowest BCUT2D eigenvalue weighted by atomic mass is 10.0. The molecule has 66 valence electrons. The maximum atomic E-state index is 6.05. The second kappa shape index (κ2) is 4.29. The molecule has 0 N–H and O–H groups in total. The van der Waals surface area contributed by atoms with Gasteiger partial charge in [-0.15, -0.1) is 0 Å². The van der Waals surface area contributed by atoms with Crippen molar-refractivity contribution in [2.75, 3.05) is 5.33 Å². The molecule has 0 amide bonds. The third-order valence-corrected chi connectivity index (χ3v) is 3.23. The van der Waals surface area contributed by atoms with Crippen LogP contribution < -0.4 is 0 Å². The number of hydrogen-bond acceptors (Lipinski definition) is 0. The van der Waals surface area contributed by atoms with E-state index < -0.39 is 0 Å². The second-order valence-corrected chi connectivity index (χ2v) is 4.13. The van der Waals surface area contributed by atoms with Crippen molar-refractivity contribution in [2.24, 2.45) is 0 Å². The molecule has 0 aliphatic rings. The molecule has 1 aromatic rings. The molecule has 2 heteroatoms. The molecule has 0 saturated carbocycles. The Balaban J connectivity index is 3.04. The molecule has 1 atom stereocenters. The maximum Gasteiger partial charge on any atom is 0.0441 e. The quantitative estimate of drug-likeness (QED) is 0.689. The molecule has 1 unspecified atom stereocenters. The number of halogens is 2. The molecule has 0 radical (unpaired) electrons. The van der Waals surface area contributed by atoms with Gasteiger partial charge in [-0.05, 0) is 24.5 Å². The van der Waals surface area contributed by atoms with Crippen molar-refractivity contribution in [2.45, 2.75) is 19.8 Å². The monoisotopic (exact) mass is 246 g/mol. The lowest BCUT2D eigenvalue weighted by Gasteiger charge is -2.10. The fraction of sp³-hybridized carbons (Fsp3) is 0.400. The van der Waals surface area contributed by atoms with Gasteiger partial charge in [-0.1, -0.05) is 52.2 Å². The zero-order valence-corrected chi connectivity index (χ0v) is 9.61. The summed E-state index contributed by atoms with van der Waals surface area (Å²) >= 11 is 9.50. The van der Waals surface area contributed by atoms with Crippen LogP contribution in [0, 0.1) is 6.92 Å². The van der Waals surface area contributed by atoms with Gasteiger partial charge in [0.05, 0.1) is 0 Å². The summed E-state index contributed by atoms with van der Waals surface area (Å²) in [6.45, 7) is 4.25. The lowest BCUT2D eigenvalue weighted by molar-refractivity contribution is 0.886. The number of benzene rings is 1. The number of hydrogen-bond donors (Lipinski definition) is 0. The fourth-order valence-electron chi connectivity index (χ4n) is 1.12. The van der Waals surface area contributed by atoms with Crippen molar-refractivity contribution in [3.05, 3.63) is 34.3 Å². The van der Waals surface area contributed by atoms with Gasteiger partial charge in [-0.25, -0.2) is 0 Å². The lowest BCUT2D eigenvalue weighted by Crippen LogP contribution is -1.95. The summed E-state index contributed by atoms with van der Waals surface area (Å²) in [5.41, 5.74) is 2.50. The van der Waals surface area contributed by atoms with Crippen molar-refractivity contribution < 1.29 is 0 Å². The summed E-state index contributed by atoms with van der Waals surface area (Å²) in [7, 11) is 0. The molecule has 0 aromatic heterocycles. The summed E-state index contributed by atoms with van der Waals surface area (Å²) in [5.74, 6) is 0.484. The van der Waals surface area contributed by atoms with Gasteiger partial charge in [0, 0.05) is 10.4 Å². The maximum absolute atomic E-state index is 6.05. The molecule has 0 saturated heterocycles. The van der Waals surface area contributed by atoms with Gasteiger partial charge >= 0.3 is 0 Å². The highest BCUT2D eigenvalue weighted by Crippen LogP contribution is 2.26.